The Labute approximate surface area is 231 Å². The Morgan fingerprint density at radius 3 is 2.40 bits per heavy atom. The summed E-state index contributed by atoms with van der Waals surface area (Å²) in [4.78, 5) is 56.0. The van der Waals surface area contributed by atoms with E-state index in [2.05, 4.69) is 49.8 Å². The van der Waals surface area contributed by atoms with Crippen molar-refractivity contribution in [1.82, 2.24) is 24.9 Å². The molecule has 1 unspecified atom stereocenters. The van der Waals surface area contributed by atoms with Gasteiger partial charge in [-0.05, 0) is 29.7 Å². The molecule has 3 aliphatic heterocycles. The summed E-state index contributed by atoms with van der Waals surface area (Å²) in [7, 11) is 1.93. The summed E-state index contributed by atoms with van der Waals surface area (Å²) in [5.74, 6) is -2.04. The van der Waals surface area contributed by atoms with E-state index < -0.39 is 29.7 Å². The van der Waals surface area contributed by atoms with Gasteiger partial charge in [-0.3, -0.25) is 39.0 Å². The first kappa shape index (κ1) is 25.8. The lowest BCUT2D eigenvalue weighted by molar-refractivity contribution is -0.136. The van der Waals surface area contributed by atoms with Crippen LogP contribution >= 0.6 is 0 Å². The molecular weight excluding hydrogens is 510 g/mol. The molecule has 1 atom stereocenters. The van der Waals surface area contributed by atoms with Crippen LogP contribution in [-0.4, -0.2) is 75.4 Å². The molecule has 4 amide bonds. The van der Waals surface area contributed by atoms with Gasteiger partial charge in [-0.2, -0.15) is 5.10 Å². The molecule has 3 aliphatic rings. The number of carbonyl (C=O) groups is 4. The van der Waals surface area contributed by atoms with Crippen molar-refractivity contribution in [3.05, 3.63) is 77.1 Å². The van der Waals surface area contributed by atoms with Gasteiger partial charge in [0.25, 0.3) is 11.8 Å². The number of piperazine rings is 1. The highest BCUT2D eigenvalue weighted by atomic mass is 16.2. The molecule has 0 spiro atoms. The average Bonchev–Trinajstić information content (AvgIpc) is 3.50. The van der Waals surface area contributed by atoms with Gasteiger partial charge in [0.05, 0.1) is 23.0 Å². The fourth-order valence-electron chi connectivity index (χ4n) is 5.62. The van der Waals surface area contributed by atoms with Gasteiger partial charge in [-0.1, -0.05) is 30.3 Å². The third-order valence-electron chi connectivity index (χ3n) is 7.81. The summed E-state index contributed by atoms with van der Waals surface area (Å²) in [6.45, 7) is 5.27. The Morgan fingerprint density at radius 2 is 1.70 bits per heavy atom. The Kier molecular flexibility index (Phi) is 6.81. The van der Waals surface area contributed by atoms with Crippen LogP contribution in [0, 0.1) is 0 Å². The first-order valence-electron chi connectivity index (χ1n) is 13.5. The zero-order valence-corrected chi connectivity index (χ0v) is 22.3. The van der Waals surface area contributed by atoms with Crippen LogP contribution < -0.4 is 15.5 Å². The molecule has 2 fully saturated rings. The van der Waals surface area contributed by atoms with Gasteiger partial charge in [0.1, 0.15) is 6.04 Å². The maximum Gasteiger partial charge on any atom is 0.264 e. The van der Waals surface area contributed by atoms with Gasteiger partial charge < -0.3 is 10.2 Å². The second-order valence-corrected chi connectivity index (χ2v) is 10.5. The number of imide groups is 2. The number of aromatic nitrogens is 2. The van der Waals surface area contributed by atoms with Gasteiger partial charge in [-0.15, -0.1) is 0 Å². The van der Waals surface area contributed by atoms with Gasteiger partial charge in [0.2, 0.25) is 11.8 Å². The molecule has 3 aromatic rings. The lowest BCUT2D eigenvalue weighted by Crippen LogP contribution is -2.54. The molecule has 206 valence electrons. The van der Waals surface area contributed by atoms with Crippen LogP contribution in [0.25, 0.3) is 0 Å². The standard InChI is InChI=1S/C29H31N7O4/c1-33-18-21(16-31-33)35-13-11-34(12-14-35)17-20-7-5-19(6-8-20)15-30-23-4-2-3-22-26(23)29(40)36(28(22)39)24-9-10-25(37)32-27(24)38/h2-8,16,18,24,30H,9-15,17H2,1H3,(H,32,37,38). The number of fused-ring (bicyclic) bond motifs is 1. The van der Waals surface area contributed by atoms with E-state index in [4.69, 9.17) is 0 Å². The summed E-state index contributed by atoms with van der Waals surface area (Å²) in [5, 5.41) is 9.80. The zero-order chi connectivity index (χ0) is 27.8. The molecular formula is C29H31N7O4. The first-order chi connectivity index (χ1) is 19.4. The van der Waals surface area contributed by atoms with E-state index in [0.717, 1.165) is 48.9 Å². The molecule has 1 aromatic heterocycles. The highest BCUT2D eigenvalue weighted by molar-refractivity contribution is 6.25. The summed E-state index contributed by atoms with van der Waals surface area (Å²) in [6, 6.07) is 12.5. The third-order valence-corrected chi connectivity index (χ3v) is 7.81. The van der Waals surface area contributed by atoms with E-state index in [9.17, 15) is 19.2 Å². The van der Waals surface area contributed by atoms with Crippen molar-refractivity contribution in [3.8, 4) is 0 Å². The fraction of sp³-hybridized carbons (Fsp3) is 0.345. The quantitative estimate of drug-likeness (QED) is 0.435. The normalized spacial score (nSPS) is 19.7. The van der Waals surface area contributed by atoms with E-state index in [1.165, 1.54) is 5.56 Å². The van der Waals surface area contributed by atoms with Crippen LogP contribution in [0.2, 0.25) is 0 Å². The molecule has 11 nitrogen and oxygen atoms in total. The molecule has 2 saturated heterocycles. The Balaban J connectivity index is 1.06. The number of nitrogens with zero attached hydrogens (tertiary/aromatic N) is 5. The molecule has 0 aliphatic carbocycles. The van der Waals surface area contributed by atoms with Crippen LogP contribution in [-0.2, 0) is 29.7 Å². The number of anilines is 2. The van der Waals surface area contributed by atoms with Crippen LogP contribution in [0.1, 0.15) is 44.7 Å². The summed E-state index contributed by atoms with van der Waals surface area (Å²) >= 11 is 0. The number of carbonyl (C=O) groups excluding carboxylic acids is 4. The monoisotopic (exact) mass is 541 g/mol. The van der Waals surface area contributed by atoms with Crippen molar-refractivity contribution >= 4 is 35.0 Å². The number of hydrogen-bond acceptors (Lipinski definition) is 8. The molecule has 40 heavy (non-hydrogen) atoms. The van der Waals surface area contributed by atoms with E-state index in [-0.39, 0.29) is 24.0 Å². The number of amides is 4. The number of hydrogen-bond donors (Lipinski definition) is 2. The third kappa shape index (κ3) is 4.95. The van der Waals surface area contributed by atoms with Crippen molar-refractivity contribution in [3.63, 3.8) is 0 Å². The van der Waals surface area contributed by atoms with Crippen molar-refractivity contribution in [2.75, 3.05) is 36.4 Å². The van der Waals surface area contributed by atoms with Crippen molar-refractivity contribution < 1.29 is 19.2 Å². The minimum atomic E-state index is -0.983. The SMILES string of the molecule is Cn1cc(N2CCN(Cc3ccc(CNc4cccc5c4C(=O)N(C4CCC(=O)NC4=O)C5=O)cc3)CC2)cn1. The van der Waals surface area contributed by atoms with Gasteiger partial charge >= 0.3 is 0 Å². The number of piperidine rings is 1. The lowest BCUT2D eigenvalue weighted by atomic mass is 10.0. The van der Waals surface area contributed by atoms with E-state index in [0.29, 0.717) is 12.2 Å². The second kappa shape index (κ2) is 10.6. The number of rotatable bonds is 7. The topological polar surface area (TPSA) is 120 Å². The van der Waals surface area contributed by atoms with Gasteiger partial charge in [0.15, 0.2) is 0 Å². The molecule has 6 rings (SSSR count). The van der Waals surface area contributed by atoms with Crippen LogP contribution in [0.5, 0.6) is 0 Å². The van der Waals surface area contributed by atoms with E-state index in [1.807, 2.05) is 24.1 Å². The van der Waals surface area contributed by atoms with Crippen molar-refractivity contribution in [1.29, 1.82) is 0 Å². The molecule has 11 heteroatoms. The lowest BCUT2D eigenvalue weighted by Gasteiger charge is -2.35. The predicted octanol–water partition coefficient (Wildman–Crippen LogP) is 1.76. The average molecular weight is 542 g/mol. The first-order valence-corrected chi connectivity index (χ1v) is 13.5. The Hall–Kier alpha value is -4.51. The van der Waals surface area contributed by atoms with Gasteiger partial charge in [-0.25, -0.2) is 0 Å². The Morgan fingerprint density at radius 1 is 0.950 bits per heavy atom. The maximum atomic E-state index is 13.3. The minimum Gasteiger partial charge on any atom is -0.380 e. The zero-order valence-electron chi connectivity index (χ0n) is 22.3. The maximum absolute atomic E-state index is 13.3. The molecule has 0 bridgehead atoms. The smallest absolute Gasteiger partial charge is 0.264 e. The van der Waals surface area contributed by atoms with Crippen molar-refractivity contribution in [2.45, 2.75) is 32.0 Å². The van der Waals surface area contributed by atoms with E-state index >= 15 is 0 Å². The van der Waals surface area contributed by atoms with Crippen LogP contribution in [0.3, 0.4) is 0 Å². The van der Waals surface area contributed by atoms with Crippen molar-refractivity contribution in [2.24, 2.45) is 7.05 Å². The molecule has 0 saturated carbocycles. The Bertz CT molecular complexity index is 1470. The molecule has 4 heterocycles. The molecule has 0 radical (unpaired) electrons. The van der Waals surface area contributed by atoms with Crippen LogP contribution in [0.4, 0.5) is 11.4 Å². The number of benzene rings is 2. The van der Waals surface area contributed by atoms with Crippen LogP contribution in [0.15, 0.2) is 54.9 Å². The highest BCUT2D eigenvalue weighted by Gasteiger charge is 2.45. The predicted molar refractivity (Wildman–Crippen MR) is 148 cm³/mol. The molecule has 2 N–H and O–H groups in total. The van der Waals surface area contributed by atoms with Gasteiger partial charge in [0, 0.05) is 64.6 Å². The molecule has 2 aromatic carbocycles. The van der Waals surface area contributed by atoms with E-state index in [1.54, 1.807) is 18.2 Å². The minimum absolute atomic E-state index is 0.0898. The fourth-order valence-corrected chi connectivity index (χ4v) is 5.62. The largest absolute Gasteiger partial charge is 0.380 e. The summed E-state index contributed by atoms with van der Waals surface area (Å²) < 4.78 is 1.83. The number of nitrogens with one attached hydrogen (secondary N) is 2. The second-order valence-electron chi connectivity index (χ2n) is 10.5. The number of aryl methyl sites for hydroxylation is 1. The highest BCUT2D eigenvalue weighted by Crippen LogP contribution is 2.32. The summed E-state index contributed by atoms with van der Waals surface area (Å²) in [5.41, 5.74) is 4.51. The summed E-state index contributed by atoms with van der Waals surface area (Å²) in [6.07, 6.45) is 4.18.